The lowest BCUT2D eigenvalue weighted by molar-refractivity contribution is 1.28. The van der Waals surface area contributed by atoms with Gasteiger partial charge in [0.05, 0.1) is 0 Å². The van der Waals surface area contributed by atoms with Gasteiger partial charge in [-0.2, -0.15) is 0 Å². The Morgan fingerprint density at radius 1 is 0.200 bits per heavy atom. The van der Waals surface area contributed by atoms with E-state index in [1.54, 1.807) is 0 Å². The van der Waals surface area contributed by atoms with Crippen LogP contribution in [-0.2, 0) is 0 Å². The minimum Gasteiger partial charge on any atom is -0.311 e. The van der Waals surface area contributed by atoms with Crippen molar-refractivity contribution in [3.63, 3.8) is 0 Å². The molecule has 1 nitrogen and oxygen atoms in total. The first kappa shape index (κ1) is 39.3. The molecule has 0 heterocycles. The highest BCUT2D eigenvalue weighted by Gasteiger charge is 2.17. The van der Waals surface area contributed by atoms with Crippen LogP contribution in [0.3, 0.4) is 0 Å². The molecule has 11 aromatic rings. The molecule has 0 aliphatic carbocycles. The van der Waals surface area contributed by atoms with Gasteiger partial charge in [0.15, 0.2) is 0 Å². The molecule has 0 unspecified atom stereocenters. The average Bonchev–Trinajstić information content (AvgIpc) is 3.40. The number of benzene rings is 11. The number of rotatable bonds is 10. The maximum Gasteiger partial charge on any atom is 0.0462 e. The van der Waals surface area contributed by atoms with Crippen LogP contribution in [0.25, 0.3) is 88.7 Å². The number of hydrogen-bond acceptors (Lipinski definition) is 1. The summed E-state index contributed by atoms with van der Waals surface area (Å²) >= 11 is 0. The predicted octanol–water partition coefficient (Wildman–Crippen LogP) is 18.0. The molecule has 0 saturated heterocycles. The van der Waals surface area contributed by atoms with Crippen molar-refractivity contribution in [2.75, 3.05) is 4.90 Å². The van der Waals surface area contributed by atoms with Gasteiger partial charge in [-0.1, -0.05) is 231 Å². The van der Waals surface area contributed by atoms with E-state index in [-0.39, 0.29) is 0 Å². The van der Waals surface area contributed by atoms with Crippen molar-refractivity contribution in [3.05, 3.63) is 273 Å². The van der Waals surface area contributed by atoms with Gasteiger partial charge in [-0.15, -0.1) is 0 Å². The summed E-state index contributed by atoms with van der Waals surface area (Å²) in [5.74, 6) is 0. The Morgan fingerprint density at radius 2 is 0.538 bits per heavy atom. The molecule has 0 aliphatic rings. The smallest absolute Gasteiger partial charge is 0.0462 e. The number of anilines is 3. The molecule has 11 aromatic carbocycles. The van der Waals surface area contributed by atoms with Crippen LogP contribution in [0.5, 0.6) is 0 Å². The molecule has 0 saturated carbocycles. The van der Waals surface area contributed by atoms with E-state index in [1.165, 1.54) is 88.7 Å². The van der Waals surface area contributed by atoms with Crippen molar-refractivity contribution in [1.29, 1.82) is 0 Å². The zero-order chi connectivity index (χ0) is 43.4. The normalized spacial score (nSPS) is 11.1. The molecular formula is C64H45N. The Morgan fingerprint density at radius 3 is 1.05 bits per heavy atom. The number of hydrogen-bond donors (Lipinski definition) is 0. The van der Waals surface area contributed by atoms with Crippen LogP contribution < -0.4 is 4.90 Å². The molecule has 0 aliphatic heterocycles. The molecule has 65 heavy (non-hydrogen) atoms. The lowest BCUT2D eigenvalue weighted by Crippen LogP contribution is -2.09. The molecule has 0 fully saturated rings. The van der Waals surface area contributed by atoms with Crippen molar-refractivity contribution in [2.45, 2.75) is 0 Å². The summed E-state index contributed by atoms with van der Waals surface area (Å²) in [7, 11) is 0. The summed E-state index contributed by atoms with van der Waals surface area (Å²) in [6, 6.07) is 98.7. The van der Waals surface area contributed by atoms with Crippen LogP contribution in [0.1, 0.15) is 0 Å². The third kappa shape index (κ3) is 8.04. The first-order valence-corrected chi connectivity index (χ1v) is 22.3. The Balaban J connectivity index is 0.979. The molecule has 0 spiro atoms. The Bertz CT molecular complexity index is 3340. The van der Waals surface area contributed by atoms with Gasteiger partial charge in [0.2, 0.25) is 0 Å². The van der Waals surface area contributed by atoms with Gasteiger partial charge in [0, 0.05) is 17.1 Å². The predicted molar refractivity (Wildman–Crippen MR) is 277 cm³/mol. The van der Waals surface area contributed by atoms with E-state index in [0.717, 1.165) is 17.1 Å². The highest BCUT2D eigenvalue weighted by molar-refractivity contribution is 6.04. The standard InChI is InChI=1S/C64H45N/c1-5-15-46(16-6-1)47-25-27-48(28-26-47)49-29-37-57(38-30-49)65(59-41-33-55(34-42-59)64-61-24-14-13-23-54(61)35-44-62(64)52-19-9-3-10-20-52)58-39-31-50(32-40-58)56-36-43-60(51-17-7-2-8-18-51)63(45-56)53-21-11-4-12-22-53/h1-45H. The Hall–Kier alpha value is -8.52. The molecule has 0 atom stereocenters. The highest BCUT2D eigenvalue weighted by Crippen LogP contribution is 2.42. The summed E-state index contributed by atoms with van der Waals surface area (Å²) < 4.78 is 0. The van der Waals surface area contributed by atoms with Gasteiger partial charge < -0.3 is 4.90 Å². The average molecular weight is 828 g/mol. The van der Waals surface area contributed by atoms with E-state index in [1.807, 2.05) is 0 Å². The van der Waals surface area contributed by atoms with Crippen LogP contribution in [0, 0.1) is 0 Å². The van der Waals surface area contributed by atoms with E-state index in [2.05, 4.69) is 278 Å². The fraction of sp³-hybridized carbons (Fsp3) is 0. The van der Waals surface area contributed by atoms with Gasteiger partial charge >= 0.3 is 0 Å². The van der Waals surface area contributed by atoms with Crippen molar-refractivity contribution >= 4 is 27.8 Å². The molecular weight excluding hydrogens is 783 g/mol. The maximum absolute atomic E-state index is 2.37. The van der Waals surface area contributed by atoms with Crippen LogP contribution >= 0.6 is 0 Å². The number of fused-ring (bicyclic) bond motifs is 1. The number of nitrogens with zero attached hydrogens (tertiary/aromatic N) is 1. The first-order valence-electron chi connectivity index (χ1n) is 22.3. The van der Waals surface area contributed by atoms with Crippen LogP contribution in [0.15, 0.2) is 273 Å². The van der Waals surface area contributed by atoms with Crippen LogP contribution in [0.4, 0.5) is 17.1 Å². The highest BCUT2D eigenvalue weighted by atomic mass is 15.1. The Kier molecular flexibility index (Phi) is 10.7. The molecule has 11 rings (SSSR count). The van der Waals surface area contributed by atoms with E-state index >= 15 is 0 Å². The lowest BCUT2D eigenvalue weighted by atomic mass is 9.89. The molecule has 306 valence electrons. The third-order valence-corrected chi connectivity index (χ3v) is 12.5. The Labute approximate surface area is 381 Å². The monoisotopic (exact) mass is 827 g/mol. The maximum atomic E-state index is 2.37. The fourth-order valence-electron chi connectivity index (χ4n) is 9.21. The largest absolute Gasteiger partial charge is 0.311 e. The minimum atomic E-state index is 1.08. The van der Waals surface area contributed by atoms with E-state index in [0.29, 0.717) is 0 Å². The van der Waals surface area contributed by atoms with E-state index in [9.17, 15) is 0 Å². The molecule has 0 radical (unpaired) electrons. The second-order valence-corrected chi connectivity index (χ2v) is 16.5. The summed E-state index contributed by atoms with van der Waals surface area (Å²) in [6.07, 6.45) is 0. The van der Waals surface area contributed by atoms with Crippen molar-refractivity contribution in [2.24, 2.45) is 0 Å². The summed E-state index contributed by atoms with van der Waals surface area (Å²) in [5.41, 5.74) is 20.1. The van der Waals surface area contributed by atoms with Crippen molar-refractivity contribution in [1.82, 2.24) is 0 Å². The second-order valence-electron chi connectivity index (χ2n) is 16.5. The van der Waals surface area contributed by atoms with Crippen LogP contribution in [-0.4, -0.2) is 0 Å². The second kappa shape index (κ2) is 17.7. The molecule has 1 heteroatoms. The van der Waals surface area contributed by atoms with Gasteiger partial charge in [0.1, 0.15) is 0 Å². The third-order valence-electron chi connectivity index (χ3n) is 12.5. The minimum absolute atomic E-state index is 1.08. The van der Waals surface area contributed by atoms with Gasteiger partial charge in [-0.3, -0.25) is 0 Å². The van der Waals surface area contributed by atoms with E-state index in [4.69, 9.17) is 0 Å². The summed E-state index contributed by atoms with van der Waals surface area (Å²) in [4.78, 5) is 2.37. The van der Waals surface area contributed by atoms with Crippen LogP contribution in [0.2, 0.25) is 0 Å². The molecule has 0 amide bonds. The zero-order valence-electron chi connectivity index (χ0n) is 35.9. The van der Waals surface area contributed by atoms with Gasteiger partial charge in [0.25, 0.3) is 0 Å². The molecule has 0 bridgehead atoms. The fourth-order valence-corrected chi connectivity index (χ4v) is 9.21. The van der Waals surface area contributed by atoms with E-state index < -0.39 is 0 Å². The quantitative estimate of drug-likeness (QED) is 0.133. The molecule has 0 N–H and O–H groups in total. The van der Waals surface area contributed by atoms with Gasteiger partial charge in [-0.05, 0) is 131 Å². The topological polar surface area (TPSA) is 3.24 Å². The first-order chi connectivity index (χ1) is 32.2. The SMILES string of the molecule is c1ccc(-c2ccc(-c3ccc(N(c4ccc(-c5ccc(-c6ccccc6)c(-c6ccccc6)c5)cc4)c4ccc(-c5c(-c6ccccc6)ccc6ccccc56)cc4)cc3)cc2)cc1. The van der Waals surface area contributed by atoms with Crippen molar-refractivity contribution < 1.29 is 0 Å². The molecule has 0 aromatic heterocycles. The summed E-state index contributed by atoms with van der Waals surface area (Å²) in [6.45, 7) is 0. The lowest BCUT2D eigenvalue weighted by Gasteiger charge is -2.26. The summed E-state index contributed by atoms with van der Waals surface area (Å²) in [5, 5.41) is 2.47. The van der Waals surface area contributed by atoms with Crippen molar-refractivity contribution in [3.8, 4) is 77.9 Å². The zero-order valence-corrected chi connectivity index (χ0v) is 35.9. The van der Waals surface area contributed by atoms with Gasteiger partial charge in [-0.25, -0.2) is 0 Å².